The number of halogens is 1. The Hall–Kier alpha value is -2.41. The number of nitrogens with zero attached hydrogens (tertiary/aromatic N) is 3. The van der Waals surface area contributed by atoms with E-state index in [1.165, 1.54) is 0 Å². The third-order valence-electron chi connectivity index (χ3n) is 3.35. The molecule has 1 heterocycles. The Bertz CT molecular complexity index is 688. The monoisotopic (exact) mass is 349 g/mol. The van der Waals surface area contributed by atoms with E-state index in [1.54, 1.807) is 35.4 Å². The zero-order valence-corrected chi connectivity index (χ0v) is 14.2. The number of carbonyl (C=O) groups excluding carboxylic acids is 2. The zero-order chi connectivity index (χ0) is 17.4. The van der Waals surface area contributed by atoms with Gasteiger partial charge in [-0.2, -0.15) is 0 Å². The van der Waals surface area contributed by atoms with Crippen molar-refractivity contribution < 1.29 is 9.59 Å². The number of carbonyl (C=O) groups is 2. The molecule has 0 aliphatic carbocycles. The number of rotatable bonds is 8. The summed E-state index contributed by atoms with van der Waals surface area (Å²) >= 11 is 6.16. The molecule has 0 atom stereocenters. The SMILES string of the molecule is CCCCC(=O)Nc1ccc(NC(=O)CCn2cnnc2)cc1Cl. The van der Waals surface area contributed by atoms with Crippen LogP contribution in [0.2, 0.25) is 5.02 Å². The van der Waals surface area contributed by atoms with Gasteiger partial charge in [-0.25, -0.2) is 0 Å². The lowest BCUT2D eigenvalue weighted by molar-refractivity contribution is -0.117. The molecule has 2 aromatic rings. The molecule has 0 aliphatic heterocycles. The standard InChI is InChI=1S/C16H20ClN5O2/c1-2-3-4-15(23)21-14-6-5-12(9-13(14)17)20-16(24)7-8-22-10-18-19-11-22/h5-6,9-11H,2-4,7-8H2,1H3,(H,20,24)(H,21,23). The lowest BCUT2D eigenvalue weighted by Gasteiger charge is -2.10. The summed E-state index contributed by atoms with van der Waals surface area (Å²) in [5.74, 6) is -0.205. The molecule has 1 aromatic carbocycles. The van der Waals surface area contributed by atoms with Crippen molar-refractivity contribution in [2.24, 2.45) is 0 Å². The summed E-state index contributed by atoms with van der Waals surface area (Å²) in [5, 5.41) is 13.3. The molecule has 8 heteroatoms. The van der Waals surface area contributed by atoms with Gasteiger partial charge in [-0.1, -0.05) is 24.9 Å². The summed E-state index contributed by atoms with van der Waals surface area (Å²) in [5.41, 5.74) is 1.13. The van der Waals surface area contributed by atoms with E-state index >= 15 is 0 Å². The molecule has 0 bridgehead atoms. The van der Waals surface area contributed by atoms with Crippen molar-refractivity contribution in [3.8, 4) is 0 Å². The van der Waals surface area contributed by atoms with Crippen LogP contribution in [-0.2, 0) is 16.1 Å². The molecule has 2 amide bonds. The molecule has 7 nitrogen and oxygen atoms in total. The quantitative estimate of drug-likeness (QED) is 0.766. The lowest BCUT2D eigenvalue weighted by atomic mass is 10.2. The highest BCUT2D eigenvalue weighted by molar-refractivity contribution is 6.34. The summed E-state index contributed by atoms with van der Waals surface area (Å²) in [6.07, 6.45) is 5.67. The number of benzene rings is 1. The first-order chi connectivity index (χ1) is 11.6. The Morgan fingerprint density at radius 3 is 2.50 bits per heavy atom. The van der Waals surface area contributed by atoms with Crippen LogP contribution < -0.4 is 10.6 Å². The Morgan fingerprint density at radius 1 is 1.12 bits per heavy atom. The topological polar surface area (TPSA) is 88.9 Å². The maximum atomic E-state index is 11.9. The highest BCUT2D eigenvalue weighted by Crippen LogP contribution is 2.26. The van der Waals surface area contributed by atoms with Crippen molar-refractivity contribution >= 4 is 34.8 Å². The van der Waals surface area contributed by atoms with Gasteiger partial charge in [-0.15, -0.1) is 10.2 Å². The Balaban J connectivity index is 1.86. The molecular weight excluding hydrogens is 330 g/mol. The maximum Gasteiger partial charge on any atom is 0.226 e. The van der Waals surface area contributed by atoms with E-state index in [0.717, 1.165) is 12.8 Å². The number of aryl methyl sites for hydroxylation is 1. The molecule has 0 aliphatic rings. The fourth-order valence-corrected chi connectivity index (χ4v) is 2.26. The van der Waals surface area contributed by atoms with Crippen molar-refractivity contribution in [1.82, 2.24) is 14.8 Å². The van der Waals surface area contributed by atoms with Gasteiger partial charge in [0.05, 0.1) is 10.7 Å². The van der Waals surface area contributed by atoms with Gasteiger partial charge in [0.2, 0.25) is 11.8 Å². The van der Waals surface area contributed by atoms with Gasteiger partial charge in [-0.3, -0.25) is 9.59 Å². The molecular formula is C16H20ClN5O2. The Labute approximate surface area is 145 Å². The largest absolute Gasteiger partial charge is 0.326 e. The number of anilines is 2. The second-order valence-corrected chi connectivity index (χ2v) is 5.75. The predicted octanol–water partition coefficient (Wildman–Crippen LogP) is 3.09. The van der Waals surface area contributed by atoms with Gasteiger partial charge in [0.1, 0.15) is 12.7 Å². The van der Waals surface area contributed by atoms with Crippen LogP contribution in [0.5, 0.6) is 0 Å². The second kappa shape index (κ2) is 9.02. The molecule has 128 valence electrons. The van der Waals surface area contributed by atoms with E-state index in [4.69, 9.17) is 11.6 Å². The van der Waals surface area contributed by atoms with Crippen LogP contribution in [0.25, 0.3) is 0 Å². The van der Waals surface area contributed by atoms with Crippen molar-refractivity contribution in [1.29, 1.82) is 0 Å². The van der Waals surface area contributed by atoms with E-state index < -0.39 is 0 Å². The minimum atomic E-state index is -0.139. The molecule has 2 N–H and O–H groups in total. The summed E-state index contributed by atoms with van der Waals surface area (Å²) in [6, 6.07) is 5.01. The number of hydrogen-bond donors (Lipinski definition) is 2. The summed E-state index contributed by atoms with van der Waals surface area (Å²) < 4.78 is 1.72. The summed E-state index contributed by atoms with van der Waals surface area (Å²) in [4.78, 5) is 23.7. The van der Waals surface area contributed by atoms with Crippen molar-refractivity contribution in [2.45, 2.75) is 39.2 Å². The van der Waals surface area contributed by atoms with E-state index in [1.807, 2.05) is 6.92 Å². The van der Waals surface area contributed by atoms with Crippen molar-refractivity contribution in [2.75, 3.05) is 10.6 Å². The molecule has 0 saturated heterocycles. The fourth-order valence-electron chi connectivity index (χ4n) is 2.04. The summed E-state index contributed by atoms with van der Waals surface area (Å²) in [6.45, 7) is 2.53. The van der Waals surface area contributed by atoms with E-state index in [2.05, 4.69) is 20.8 Å². The van der Waals surface area contributed by atoms with Crippen molar-refractivity contribution in [3.63, 3.8) is 0 Å². The maximum absolute atomic E-state index is 11.9. The number of amides is 2. The number of unbranched alkanes of at least 4 members (excludes halogenated alkanes) is 1. The molecule has 24 heavy (non-hydrogen) atoms. The van der Waals surface area contributed by atoms with Gasteiger partial charge < -0.3 is 15.2 Å². The average Bonchev–Trinajstić information content (AvgIpc) is 3.07. The lowest BCUT2D eigenvalue weighted by Crippen LogP contribution is -2.14. The van der Waals surface area contributed by atoms with Crippen LogP contribution in [0.1, 0.15) is 32.6 Å². The predicted molar refractivity (Wildman–Crippen MR) is 92.9 cm³/mol. The van der Waals surface area contributed by atoms with Crippen LogP contribution in [0.4, 0.5) is 11.4 Å². The third kappa shape index (κ3) is 5.66. The molecule has 0 unspecified atom stereocenters. The van der Waals surface area contributed by atoms with Crippen molar-refractivity contribution in [3.05, 3.63) is 35.9 Å². The molecule has 0 fully saturated rings. The normalized spacial score (nSPS) is 10.4. The summed E-state index contributed by atoms with van der Waals surface area (Å²) in [7, 11) is 0. The van der Waals surface area contributed by atoms with Crippen LogP contribution in [-0.4, -0.2) is 26.6 Å². The first-order valence-corrected chi connectivity index (χ1v) is 8.18. The minimum absolute atomic E-state index is 0.0653. The second-order valence-electron chi connectivity index (χ2n) is 5.34. The van der Waals surface area contributed by atoms with E-state index in [-0.39, 0.29) is 11.8 Å². The molecule has 0 radical (unpaired) electrons. The fraction of sp³-hybridized carbons (Fsp3) is 0.375. The van der Waals surface area contributed by atoms with Crippen LogP contribution >= 0.6 is 11.6 Å². The number of aromatic nitrogens is 3. The molecule has 0 saturated carbocycles. The van der Waals surface area contributed by atoms with E-state index in [9.17, 15) is 9.59 Å². The Kier molecular flexibility index (Phi) is 6.74. The number of nitrogens with one attached hydrogen (secondary N) is 2. The van der Waals surface area contributed by atoms with Gasteiger partial charge in [0, 0.05) is 25.1 Å². The third-order valence-corrected chi connectivity index (χ3v) is 3.66. The van der Waals surface area contributed by atoms with Gasteiger partial charge in [-0.05, 0) is 24.6 Å². The van der Waals surface area contributed by atoms with Gasteiger partial charge in [0.25, 0.3) is 0 Å². The van der Waals surface area contributed by atoms with Crippen LogP contribution in [0.3, 0.4) is 0 Å². The highest BCUT2D eigenvalue weighted by atomic mass is 35.5. The first kappa shape index (κ1) is 17.9. The number of hydrogen-bond acceptors (Lipinski definition) is 4. The van der Waals surface area contributed by atoms with Gasteiger partial charge >= 0.3 is 0 Å². The van der Waals surface area contributed by atoms with Gasteiger partial charge in [0.15, 0.2) is 0 Å². The highest BCUT2D eigenvalue weighted by Gasteiger charge is 2.08. The smallest absolute Gasteiger partial charge is 0.226 e. The van der Waals surface area contributed by atoms with Crippen LogP contribution in [0.15, 0.2) is 30.9 Å². The van der Waals surface area contributed by atoms with E-state index in [0.29, 0.717) is 35.8 Å². The molecule has 1 aromatic heterocycles. The minimum Gasteiger partial charge on any atom is -0.326 e. The first-order valence-electron chi connectivity index (χ1n) is 7.80. The molecule has 0 spiro atoms. The zero-order valence-electron chi connectivity index (χ0n) is 13.5. The van der Waals surface area contributed by atoms with Crippen LogP contribution in [0, 0.1) is 0 Å². The Morgan fingerprint density at radius 2 is 1.83 bits per heavy atom. The molecule has 2 rings (SSSR count). The average molecular weight is 350 g/mol.